The average Bonchev–Trinajstić information content (AvgIpc) is 4.14. The Hall–Kier alpha value is -5.99. The molecule has 0 spiro atoms. The Bertz CT molecular complexity index is 2190. The number of pyridine rings is 1. The first kappa shape index (κ1) is 38.3. The van der Waals surface area contributed by atoms with Gasteiger partial charge in [-0.2, -0.15) is 0 Å². The zero-order valence-electron chi connectivity index (χ0n) is 31.9. The summed E-state index contributed by atoms with van der Waals surface area (Å²) in [6.07, 6.45) is 12.7. The Kier molecular flexibility index (Phi) is 12.1. The van der Waals surface area contributed by atoms with Crippen LogP contribution in [0.4, 0.5) is 9.59 Å². The summed E-state index contributed by atoms with van der Waals surface area (Å²) in [6.45, 7) is 1.00. The van der Waals surface area contributed by atoms with Crippen molar-refractivity contribution < 1.29 is 28.7 Å². The molecule has 15 heteroatoms. The lowest BCUT2D eigenvalue weighted by Gasteiger charge is -2.28. The molecule has 2 aromatic carbocycles. The Morgan fingerprint density at radius 3 is 2.32 bits per heavy atom. The van der Waals surface area contributed by atoms with E-state index in [9.17, 15) is 19.2 Å². The minimum absolute atomic E-state index is 0.0874. The SMILES string of the molecule is C1CC1.COC(=O)NCC(=O)NCCCCc1ncc(-c2ccc3cc(-c4cc5nc(C6CCCN6C(=O)C(NC(=O)OC)C6CC6)[nH]c5cn4)ccc3c2)[nH]1. The predicted octanol–water partition coefficient (Wildman–Crippen LogP) is 5.93. The maximum absolute atomic E-state index is 13.6. The van der Waals surface area contributed by atoms with Crippen molar-refractivity contribution in [2.75, 3.05) is 33.9 Å². The quantitative estimate of drug-likeness (QED) is 0.0903. The number of aromatic nitrogens is 5. The maximum Gasteiger partial charge on any atom is 0.407 e. The van der Waals surface area contributed by atoms with E-state index in [1.165, 1.54) is 33.5 Å². The van der Waals surface area contributed by atoms with Crippen LogP contribution in [-0.2, 0) is 25.5 Å². The molecule has 1 aliphatic heterocycles. The number of fused-ring (bicyclic) bond motifs is 2. The molecule has 15 nitrogen and oxygen atoms in total. The van der Waals surface area contributed by atoms with Crippen molar-refractivity contribution in [3.8, 4) is 22.5 Å². The van der Waals surface area contributed by atoms with Crippen LogP contribution in [0.1, 0.15) is 75.5 Å². The van der Waals surface area contributed by atoms with Crippen LogP contribution in [0.5, 0.6) is 0 Å². The van der Waals surface area contributed by atoms with Crippen LogP contribution in [-0.4, -0.2) is 93.7 Å². The van der Waals surface area contributed by atoms with Crippen molar-refractivity contribution >= 4 is 45.8 Å². The Morgan fingerprint density at radius 1 is 0.839 bits per heavy atom. The van der Waals surface area contributed by atoms with Gasteiger partial charge in [0.1, 0.15) is 17.7 Å². The fourth-order valence-corrected chi connectivity index (χ4v) is 6.88. The van der Waals surface area contributed by atoms with Gasteiger partial charge in [-0.1, -0.05) is 43.5 Å². The molecule has 5 aromatic rings. The number of carbonyl (C=O) groups is 4. The second-order valence-electron chi connectivity index (χ2n) is 14.6. The third kappa shape index (κ3) is 9.62. The van der Waals surface area contributed by atoms with E-state index in [-0.39, 0.29) is 30.3 Å². The number of nitrogens with one attached hydrogen (secondary N) is 5. The number of alkyl carbamates (subject to hydrolysis) is 2. The van der Waals surface area contributed by atoms with E-state index in [1.807, 2.05) is 17.2 Å². The van der Waals surface area contributed by atoms with Crippen LogP contribution < -0.4 is 16.0 Å². The molecule has 1 saturated heterocycles. The van der Waals surface area contributed by atoms with Crippen LogP contribution in [0.3, 0.4) is 0 Å². The largest absolute Gasteiger partial charge is 0.453 e. The fraction of sp³-hybridized carbons (Fsp3) is 0.439. The number of carbonyl (C=O) groups excluding carboxylic acids is 4. The Labute approximate surface area is 324 Å². The van der Waals surface area contributed by atoms with E-state index in [0.717, 1.165) is 101 Å². The molecular weight excluding hydrogens is 715 g/mol. The lowest BCUT2D eigenvalue weighted by molar-refractivity contribution is -0.135. The van der Waals surface area contributed by atoms with Crippen molar-refractivity contribution in [1.82, 2.24) is 45.8 Å². The number of aryl methyl sites for hydroxylation is 1. The van der Waals surface area contributed by atoms with Gasteiger partial charge in [0.2, 0.25) is 11.8 Å². The van der Waals surface area contributed by atoms with Gasteiger partial charge in [-0.15, -0.1) is 0 Å². The van der Waals surface area contributed by atoms with Crippen molar-refractivity contribution in [2.24, 2.45) is 5.92 Å². The van der Waals surface area contributed by atoms with Gasteiger partial charge in [0.05, 0.1) is 61.6 Å². The van der Waals surface area contributed by atoms with Crippen LogP contribution in [0.2, 0.25) is 0 Å². The first-order valence-corrected chi connectivity index (χ1v) is 19.5. The summed E-state index contributed by atoms with van der Waals surface area (Å²) in [4.78, 5) is 71.3. The highest BCUT2D eigenvalue weighted by molar-refractivity contribution is 5.91. The zero-order valence-corrected chi connectivity index (χ0v) is 31.9. The van der Waals surface area contributed by atoms with Crippen molar-refractivity contribution in [2.45, 2.75) is 76.3 Å². The number of amides is 4. The predicted molar refractivity (Wildman–Crippen MR) is 210 cm³/mol. The first-order chi connectivity index (χ1) is 27.3. The van der Waals surface area contributed by atoms with E-state index in [0.29, 0.717) is 13.1 Å². The van der Waals surface area contributed by atoms with Gasteiger partial charge in [0.25, 0.3) is 0 Å². The molecule has 4 amide bonds. The zero-order chi connectivity index (χ0) is 39.0. The lowest BCUT2D eigenvalue weighted by atomic mass is 10.0. The second kappa shape index (κ2) is 17.6. The van der Waals surface area contributed by atoms with E-state index in [1.54, 1.807) is 6.20 Å². The number of rotatable bonds is 13. The monoisotopic (exact) mass is 763 g/mol. The number of benzene rings is 2. The molecule has 2 unspecified atom stereocenters. The van der Waals surface area contributed by atoms with E-state index in [4.69, 9.17) is 14.7 Å². The van der Waals surface area contributed by atoms with Gasteiger partial charge in [0, 0.05) is 30.6 Å². The fourth-order valence-electron chi connectivity index (χ4n) is 6.88. The molecule has 3 aliphatic rings. The molecule has 4 heterocycles. The van der Waals surface area contributed by atoms with Gasteiger partial charge < -0.3 is 40.3 Å². The molecular formula is C41H49N9O6. The maximum atomic E-state index is 13.6. The molecule has 0 bridgehead atoms. The molecule has 3 fully saturated rings. The van der Waals surface area contributed by atoms with Gasteiger partial charge in [0.15, 0.2) is 0 Å². The first-order valence-electron chi connectivity index (χ1n) is 19.5. The summed E-state index contributed by atoms with van der Waals surface area (Å²) < 4.78 is 9.24. The molecule has 2 aliphatic carbocycles. The van der Waals surface area contributed by atoms with Crippen molar-refractivity contribution in [1.29, 1.82) is 0 Å². The minimum atomic E-state index is -0.638. The Morgan fingerprint density at radius 2 is 1.59 bits per heavy atom. The molecule has 56 heavy (non-hydrogen) atoms. The summed E-state index contributed by atoms with van der Waals surface area (Å²) in [5.74, 6) is 1.39. The molecule has 294 valence electrons. The number of hydrogen-bond donors (Lipinski definition) is 5. The number of likely N-dealkylation sites (tertiary alicyclic amines) is 1. The molecule has 3 aromatic heterocycles. The third-order valence-electron chi connectivity index (χ3n) is 10.2. The van der Waals surface area contributed by atoms with E-state index < -0.39 is 18.2 Å². The Balaban J connectivity index is 0.00000153. The lowest BCUT2D eigenvalue weighted by Crippen LogP contribution is -2.49. The molecule has 2 saturated carbocycles. The van der Waals surface area contributed by atoms with E-state index >= 15 is 0 Å². The number of imidazole rings is 2. The number of nitrogens with zero attached hydrogens (tertiary/aromatic N) is 4. The number of H-pyrrole nitrogens is 2. The minimum Gasteiger partial charge on any atom is -0.453 e. The van der Waals surface area contributed by atoms with Crippen molar-refractivity contribution in [3.05, 3.63) is 66.5 Å². The van der Waals surface area contributed by atoms with Crippen molar-refractivity contribution in [3.63, 3.8) is 0 Å². The normalized spacial score (nSPS) is 16.5. The van der Waals surface area contributed by atoms with Crippen LogP contribution >= 0.6 is 0 Å². The standard InChI is InChI=1S/C38H43N9O6.C3H6/c1-52-37(50)42-21-33(48)39-14-4-3-7-32-41-19-29(43-32)26-13-11-23-16-25(12-10-24(23)17-26)27-18-28-30(20-40-27)45-35(44-28)31-6-5-15-47(31)36(49)34(22-8-9-22)46-38(51)53-2;1-2-3-1/h10-13,16-20,22,31,34H,3-9,14-15,21H2,1-2H3,(H,39,48)(H,41,43)(H,42,50)(H,44,45)(H,46,51);1-3H2. The summed E-state index contributed by atoms with van der Waals surface area (Å²) in [7, 11) is 2.56. The number of methoxy groups -OCH3 is 2. The van der Waals surface area contributed by atoms with Gasteiger partial charge >= 0.3 is 12.2 Å². The molecule has 2 atom stereocenters. The highest BCUT2D eigenvalue weighted by atomic mass is 16.5. The average molecular weight is 764 g/mol. The third-order valence-corrected chi connectivity index (χ3v) is 10.2. The second-order valence-corrected chi connectivity index (χ2v) is 14.6. The van der Waals surface area contributed by atoms with Crippen LogP contribution in [0.15, 0.2) is 54.9 Å². The van der Waals surface area contributed by atoms with Gasteiger partial charge in [-0.25, -0.2) is 19.6 Å². The number of ether oxygens (including phenoxy) is 2. The smallest absolute Gasteiger partial charge is 0.407 e. The summed E-state index contributed by atoms with van der Waals surface area (Å²) in [6, 6.07) is 13.7. The summed E-state index contributed by atoms with van der Waals surface area (Å²) >= 11 is 0. The van der Waals surface area contributed by atoms with E-state index in [2.05, 4.69) is 72.0 Å². The topological polar surface area (TPSA) is 196 Å². The highest BCUT2D eigenvalue weighted by Crippen LogP contribution is 2.38. The van der Waals surface area contributed by atoms with Gasteiger partial charge in [-0.3, -0.25) is 14.6 Å². The van der Waals surface area contributed by atoms with Crippen LogP contribution in [0, 0.1) is 5.92 Å². The molecule has 5 N–H and O–H groups in total. The number of hydrogen-bond acceptors (Lipinski definition) is 9. The molecule has 0 radical (unpaired) electrons. The number of unbranched alkanes of at least 4 members (excludes halogenated alkanes) is 1. The highest BCUT2D eigenvalue weighted by Gasteiger charge is 2.43. The summed E-state index contributed by atoms with van der Waals surface area (Å²) in [5.41, 5.74) is 5.30. The van der Waals surface area contributed by atoms with Crippen LogP contribution in [0.25, 0.3) is 44.3 Å². The number of aromatic amines is 2. The summed E-state index contributed by atoms with van der Waals surface area (Å²) in [5, 5.41) is 10.0. The molecule has 8 rings (SSSR count). The van der Waals surface area contributed by atoms with Gasteiger partial charge in [-0.05, 0) is 73.4 Å².